The van der Waals surface area contributed by atoms with Crippen LogP contribution in [-0.4, -0.2) is 40.7 Å². The first kappa shape index (κ1) is 16.5. The first-order valence-electron chi connectivity index (χ1n) is 7.85. The molecule has 1 aliphatic rings. The number of anilines is 1. The summed E-state index contributed by atoms with van der Waals surface area (Å²) in [6, 6.07) is 10.5. The normalized spacial score (nSPS) is 16.9. The summed E-state index contributed by atoms with van der Waals surface area (Å²) in [5.41, 5.74) is 1.29. The van der Waals surface area contributed by atoms with Gasteiger partial charge in [0.25, 0.3) is 0 Å². The monoisotopic (exact) mass is 307 g/mol. The van der Waals surface area contributed by atoms with E-state index in [1.165, 1.54) is 5.69 Å². The molecule has 118 valence electrons. The third-order valence-corrected chi connectivity index (χ3v) is 9.21. The number of rotatable bonds is 6. The SMILES string of the molecule is CC(C)(C)[Si](C)(C)OCCOC1CN(c2ccccc2)C1. The molecule has 4 heteroatoms. The molecule has 1 aliphatic heterocycles. The van der Waals surface area contributed by atoms with E-state index in [2.05, 4.69) is 69.1 Å². The molecule has 0 amide bonds. The van der Waals surface area contributed by atoms with E-state index in [4.69, 9.17) is 9.16 Å². The van der Waals surface area contributed by atoms with Gasteiger partial charge in [-0.15, -0.1) is 0 Å². The molecule has 0 saturated carbocycles. The molecule has 3 nitrogen and oxygen atoms in total. The Morgan fingerprint density at radius 1 is 1.10 bits per heavy atom. The van der Waals surface area contributed by atoms with Crippen molar-refractivity contribution in [3.8, 4) is 0 Å². The number of hydrogen-bond acceptors (Lipinski definition) is 3. The van der Waals surface area contributed by atoms with E-state index in [-0.39, 0.29) is 5.04 Å². The maximum atomic E-state index is 6.12. The summed E-state index contributed by atoms with van der Waals surface area (Å²) in [6.07, 6.45) is 0.355. The average molecular weight is 308 g/mol. The predicted octanol–water partition coefficient (Wildman–Crippen LogP) is 3.91. The quantitative estimate of drug-likeness (QED) is 0.587. The van der Waals surface area contributed by atoms with Gasteiger partial charge in [0.15, 0.2) is 8.32 Å². The number of nitrogens with zero attached hydrogens (tertiary/aromatic N) is 1. The van der Waals surface area contributed by atoms with Gasteiger partial charge in [0.2, 0.25) is 0 Å². The molecule has 0 N–H and O–H groups in total. The van der Waals surface area contributed by atoms with Crippen molar-refractivity contribution < 1.29 is 9.16 Å². The molecule has 0 aliphatic carbocycles. The Hall–Kier alpha value is -0.843. The van der Waals surface area contributed by atoms with Crippen LogP contribution in [0.15, 0.2) is 30.3 Å². The molecule has 0 bridgehead atoms. The summed E-state index contributed by atoms with van der Waals surface area (Å²) in [7, 11) is -1.63. The number of ether oxygens (including phenoxy) is 1. The zero-order valence-corrected chi connectivity index (χ0v) is 15.1. The number of benzene rings is 1. The van der Waals surface area contributed by atoms with Crippen LogP contribution in [-0.2, 0) is 9.16 Å². The minimum absolute atomic E-state index is 0.271. The molecule has 1 saturated heterocycles. The van der Waals surface area contributed by atoms with Gasteiger partial charge in [-0.3, -0.25) is 0 Å². The highest BCUT2D eigenvalue weighted by Crippen LogP contribution is 2.36. The van der Waals surface area contributed by atoms with E-state index < -0.39 is 8.32 Å². The fourth-order valence-electron chi connectivity index (χ4n) is 2.12. The lowest BCUT2D eigenvalue weighted by Gasteiger charge is -2.41. The zero-order valence-electron chi connectivity index (χ0n) is 14.1. The second kappa shape index (κ2) is 6.51. The fraction of sp³-hybridized carbons (Fsp3) is 0.647. The number of hydrogen-bond donors (Lipinski definition) is 0. The molecule has 21 heavy (non-hydrogen) atoms. The summed E-state index contributed by atoms with van der Waals surface area (Å²) in [5.74, 6) is 0. The van der Waals surface area contributed by atoms with Crippen LogP contribution in [0.4, 0.5) is 5.69 Å². The number of para-hydroxylation sites is 1. The van der Waals surface area contributed by atoms with Gasteiger partial charge >= 0.3 is 0 Å². The zero-order chi connectivity index (χ0) is 15.5. The lowest BCUT2D eigenvalue weighted by Crippen LogP contribution is -2.52. The van der Waals surface area contributed by atoms with Crippen LogP contribution in [0, 0.1) is 0 Å². The standard InChI is InChI=1S/C17H29NO2Si/c1-17(2,3)21(4,5)20-12-11-19-16-13-18(14-16)15-9-7-6-8-10-15/h6-10,16H,11-14H2,1-5H3. The molecular weight excluding hydrogens is 278 g/mol. The van der Waals surface area contributed by atoms with Gasteiger partial charge in [0, 0.05) is 18.8 Å². The maximum Gasteiger partial charge on any atom is 0.192 e. The highest BCUT2D eigenvalue weighted by molar-refractivity contribution is 6.74. The Kier molecular flexibility index (Phi) is 5.12. The van der Waals surface area contributed by atoms with Crippen LogP contribution < -0.4 is 4.90 Å². The molecule has 0 radical (unpaired) electrons. The maximum absolute atomic E-state index is 6.12. The highest BCUT2D eigenvalue weighted by Gasteiger charge is 2.37. The van der Waals surface area contributed by atoms with Crippen LogP contribution in [0.2, 0.25) is 18.1 Å². The van der Waals surface area contributed by atoms with Gasteiger partial charge in [0.05, 0.1) is 19.3 Å². The van der Waals surface area contributed by atoms with E-state index in [1.54, 1.807) is 0 Å². The molecular formula is C17H29NO2Si. The molecule has 1 aromatic rings. The molecule has 2 rings (SSSR count). The summed E-state index contributed by atoms with van der Waals surface area (Å²) >= 11 is 0. The Balaban J connectivity index is 1.62. The fourth-order valence-corrected chi connectivity index (χ4v) is 3.15. The third kappa shape index (κ3) is 4.31. The highest BCUT2D eigenvalue weighted by atomic mass is 28.4. The lowest BCUT2D eigenvalue weighted by molar-refractivity contribution is 0.0157. The van der Waals surface area contributed by atoms with E-state index in [0.29, 0.717) is 12.7 Å². The summed E-state index contributed by atoms with van der Waals surface area (Å²) in [5, 5.41) is 0.271. The van der Waals surface area contributed by atoms with Crippen LogP contribution in [0.5, 0.6) is 0 Å². The topological polar surface area (TPSA) is 21.7 Å². The largest absolute Gasteiger partial charge is 0.414 e. The first-order valence-corrected chi connectivity index (χ1v) is 10.8. The molecule has 0 unspecified atom stereocenters. The summed E-state index contributed by atoms with van der Waals surface area (Å²) < 4.78 is 12.0. The molecule has 0 spiro atoms. The van der Waals surface area contributed by atoms with Crippen molar-refractivity contribution in [3.05, 3.63) is 30.3 Å². The van der Waals surface area contributed by atoms with Gasteiger partial charge in [-0.2, -0.15) is 0 Å². The van der Waals surface area contributed by atoms with E-state index in [9.17, 15) is 0 Å². The van der Waals surface area contributed by atoms with Gasteiger partial charge in [0.1, 0.15) is 0 Å². The van der Waals surface area contributed by atoms with Gasteiger partial charge in [-0.05, 0) is 30.3 Å². The third-order valence-electron chi connectivity index (χ3n) is 4.68. The Morgan fingerprint density at radius 3 is 2.29 bits per heavy atom. The second-order valence-electron chi connectivity index (χ2n) is 7.34. The second-order valence-corrected chi connectivity index (χ2v) is 12.2. The van der Waals surface area contributed by atoms with Gasteiger partial charge < -0.3 is 14.1 Å². The van der Waals surface area contributed by atoms with E-state index in [0.717, 1.165) is 19.7 Å². The van der Waals surface area contributed by atoms with Crippen LogP contribution in [0.3, 0.4) is 0 Å². The Morgan fingerprint density at radius 2 is 1.71 bits per heavy atom. The molecule has 0 atom stereocenters. The summed E-state index contributed by atoms with van der Waals surface area (Å²) in [6.45, 7) is 14.8. The van der Waals surface area contributed by atoms with E-state index in [1.807, 2.05) is 0 Å². The predicted molar refractivity (Wildman–Crippen MR) is 91.5 cm³/mol. The van der Waals surface area contributed by atoms with Gasteiger partial charge in [-0.25, -0.2) is 0 Å². The molecule has 0 aromatic heterocycles. The van der Waals surface area contributed by atoms with Crippen molar-refractivity contribution in [2.24, 2.45) is 0 Å². The van der Waals surface area contributed by atoms with Crippen LogP contribution in [0.1, 0.15) is 20.8 Å². The van der Waals surface area contributed by atoms with Crippen LogP contribution >= 0.6 is 0 Å². The summed E-state index contributed by atoms with van der Waals surface area (Å²) in [4.78, 5) is 2.35. The van der Waals surface area contributed by atoms with Crippen molar-refractivity contribution in [3.63, 3.8) is 0 Å². The molecule has 1 aromatic carbocycles. The first-order chi connectivity index (χ1) is 9.79. The van der Waals surface area contributed by atoms with E-state index >= 15 is 0 Å². The van der Waals surface area contributed by atoms with Crippen molar-refractivity contribution in [2.75, 3.05) is 31.2 Å². The lowest BCUT2D eigenvalue weighted by atomic mass is 10.1. The van der Waals surface area contributed by atoms with Crippen molar-refractivity contribution in [2.45, 2.75) is 45.0 Å². The van der Waals surface area contributed by atoms with Gasteiger partial charge in [-0.1, -0.05) is 39.0 Å². The smallest absolute Gasteiger partial charge is 0.192 e. The van der Waals surface area contributed by atoms with Crippen LogP contribution in [0.25, 0.3) is 0 Å². The molecule has 1 heterocycles. The minimum atomic E-state index is -1.63. The Bertz CT molecular complexity index is 436. The Labute approximate surface area is 130 Å². The van der Waals surface area contributed by atoms with Crippen molar-refractivity contribution in [1.29, 1.82) is 0 Å². The van der Waals surface area contributed by atoms with Crippen molar-refractivity contribution >= 4 is 14.0 Å². The molecule has 1 fully saturated rings. The minimum Gasteiger partial charge on any atom is -0.414 e. The average Bonchev–Trinajstić information content (AvgIpc) is 2.36. The van der Waals surface area contributed by atoms with Crippen molar-refractivity contribution in [1.82, 2.24) is 0 Å².